The van der Waals surface area contributed by atoms with E-state index in [1.54, 1.807) is 24.3 Å². The summed E-state index contributed by atoms with van der Waals surface area (Å²) in [5, 5.41) is 2.60. The van der Waals surface area contributed by atoms with Crippen molar-refractivity contribution in [1.82, 2.24) is 9.97 Å². The maximum atomic E-state index is 12.8. The number of aromatic nitrogens is 2. The van der Waals surface area contributed by atoms with Gasteiger partial charge in [0.15, 0.2) is 0 Å². The zero-order chi connectivity index (χ0) is 14.8. The second kappa shape index (κ2) is 5.36. The first-order valence-corrected chi connectivity index (χ1v) is 5.72. The van der Waals surface area contributed by atoms with Crippen LogP contribution in [0.25, 0.3) is 11.3 Å². The largest absolute Gasteiger partial charge is 0.497 e. The predicted molar refractivity (Wildman–Crippen MR) is 68.6 cm³/mol. The van der Waals surface area contributed by atoms with Gasteiger partial charge in [0.25, 0.3) is 0 Å². The van der Waals surface area contributed by atoms with Crippen molar-refractivity contribution in [2.75, 3.05) is 19.5 Å². The first-order chi connectivity index (χ1) is 9.44. The Hall–Kier alpha value is -2.31. The second-order valence-corrected chi connectivity index (χ2v) is 3.94. The Morgan fingerprint density at radius 3 is 2.50 bits per heavy atom. The van der Waals surface area contributed by atoms with Crippen LogP contribution in [0.15, 0.2) is 30.3 Å². The molecule has 0 spiro atoms. The summed E-state index contributed by atoms with van der Waals surface area (Å²) in [7, 11) is 2.98. The molecule has 0 amide bonds. The van der Waals surface area contributed by atoms with Crippen LogP contribution in [0.1, 0.15) is 5.82 Å². The van der Waals surface area contributed by atoms with Crippen molar-refractivity contribution in [1.29, 1.82) is 0 Å². The molecule has 0 unspecified atom stereocenters. The predicted octanol–water partition coefficient (Wildman–Crippen LogP) is 3.21. The lowest BCUT2D eigenvalue weighted by atomic mass is 10.1. The average Bonchev–Trinajstić information content (AvgIpc) is 2.46. The van der Waals surface area contributed by atoms with Crippen molar-refractivity contribution in [2.45, 2.75) is 6.18 Å². The van der Waals surface area contributed by atoms with Crippen molar-refractivity contribution in [2.24, 2.45) is 0 Å². The highest BCUT2D eigenvalue weighted by molar-refractivity contribution is 5.64. The van der Waals surface area contributed by atoms with Crippen LogP contribution in [0.2, 0.25) is 0 Å². The van der Waals surface area contributed by atoms with Gasteiger partial charge < -0.3 is 10.1 Å². The number of halogens is 3. The molecular weight excluding hydrogens is 271 g/mol. The first-order valence-electron chi connectivity index (χ1n) is 5.72. The summed E-state index contributed by atoms with van der Waals surface area (Å²) in [6.07, 6.45) is -4.60. The van der Waals surface area contributed by atoms with Gasteiger partial charge in [-0.25, -0.2) is 9.97 Å². The van der Waals surface area contributed by atoms with Crippen molar-refractivity contribution < 1.29 is 17.9 Å². The normalized spacial score (nSPS) is 11.2. The van der Waals surface area contributed by atoms with Crippen molar-refractivity contribution in [3.05, 3.63) is 36.2 Å². The van der Waals surface area contributed by atoms with Crippen LogP contribution in [0.4, 0.5) is 19.0 Å². The van der Waals surface area contributed by atoms with E-state index in [-0.39, 0.29) is 11.5 Å². The Bertz CT molecular complexity index is 614. The summed E-state index contributed by atoms with van der Waals surface area (Å²) in [4.78, 5) is 6.98. The Labute approximate surface area is 113 Å². The third-order valence-corrected chi connectivity index (χ3v) is 2.60. The molecule has 1 heterocycles. The van der Waals surface area contributed by atoms with E-state index in [0.717, 1.165) is 0 Å². The van der Waals surface area contributed by atoms with Crippen LogP contribution in [0.3, 0.4) is 0 Å². The van der Waals surface area contributed by atoms with Crippen LogP contribution >= 0.6 is 0 Å². The highest BCUT2D eigenvalue weighted by Gasteiger charge is 2.35. The molecule has 20 heavy (non-hydrogen) atoms. The Balaban J connectivity index is 2.55. The van der Waals surface area contributed by atoms with E-state index in [0.29, 0.717) is 11.3 Å². The van der Waals surface area contributed by atoms with Crippen LogP contribution in [0.5, 0.6) is 5.75 Å². The molecule has 1 aromatic heterocycles. The van der Waals surface area contributed by atoms with Gasteiger partial charge >= 0.3 is 6.18 Å². The molecular formula is C13H12F3N3O. The molecule has 0 fully saturated rings. The Kier molecular flexibility index (Phi) is 3.78. The average molecular weight is 283 g/mol. The van der Waals surface area contributed by atoms with Gasteiger partial charge in [-0.1, -0.05) is 12.1 Å². The van der Waals surface area contributed by atoms with Gasteiger partial charge in [-0.15, -0.1) is 0 Å². The molecule has 1 N–H and O–H groups in total. The van der Waals surface area contributed by atoms with E-state index < -0.39 is 12.0 Å². The smallest absolute Gasteiger partial charge is 0.451 e. The molecule has 0 aliphatic rings. The summed E-state index contributed by atoms with van der Waals surface area (Å²) < 4.78 is 43.4. The number of nitrogens with zero attached hydrogens (tertiary/aromatic N) is 2. The van der Waals surface area contributed by atoms with Crippen LogP contribution in [-0.2, 0) is 6.18 Å². The van der Waals surface area contributed by atoms with Gasteiger partial charge in [0.2, 0.25) is 5.82 Å². The van der Waals surface area contributed by atoms with Gasteiger partial charge in [0.1, 0.15) is 11.6 Å². The number of methoxy groups -OCH3 is 1. The van der Waals surface area contributed by atoms with Crippen molar-refractivity contribution >= 4 is 5.82 Å². The number of anilines is 1. The van der Waals surface area contributed by atoms with Gasteiger partial charge in [0.05, 0.1) is 12.8 Å². The van der Waals surface area contributed by atoms with Gasteiger partial charge in [-0.05, 0) is 12.1 Å². The molecule has 0 saturated heterocycles. The zero-order valence-electron chi connectivity index (χ0n) is 10.8. The fourth-order valence-corrected chi connectivity index (χ4v) is 1.63. The molecule has 2 rings (SSSR count). The molecule has 0 aliphatic heterocycles. The zero-order valence-corrected chi connectivity index (χ0v) is 10.8. The maximum absolute atomic E-state index is 12.8. The van der Waals surface area contributed by atoms with E-state index in [2.05, 4.69) is 15.3 Å². The molecule has 1 aromatic carbocycles. The number of benzene rings is 1. The topological polar surface area (TPSA) is 47.0 Å². The second-order valence-electron chi connectivity index (χ2n) is 3.94. The van der Waals surface area contributed by atoms with E-state index in [1.807, 2.05) is 0 Å². The summed E-state index contributed by atoms with van der Waals surface area (Å²) in [5.41, 5.74) is 0.698. The minimum absolute atomic E-state index is 0.102. The fourth-order valence-electron chi connectivity index (χ4n) is 1.63. The molecule has 0 saturated carbocycles. The van der Waals surface area contributed by atoms with Gasteiger partial charge in [-0.2, -0.15) is 13.2 Å². The molecule has 7 heteroatoms. The number of hydrogen-bond acceptors (Lipinski definition) is 4. The number of ether oxygens (including phenoxy) is 1. The summed E-state index contributed by atoms with van der Waals surface area (Å²) >= 11 is 0. The third-order valence-electron chi connectivity index (χ3n) is 2.60. The summed E-state index contributed by atoms with van der Waals surface area (Å²) in [6, 6.07) is 8.10. The molecule has 106 valence electrons. The molecule has 0 atom stereocenters. The van der Waals surface area contributed by atoms with E-state index in [1.165, 1.54) is 20.2 Å². The SMILES string of the molecule is CNc1cc(-c2cccc(OC)c2)nc(C(F)(F)F)n1. The van der Waals surface area contributed by atoms with Gasteiger partial charge in [-0.3, -0.25) is 0 Å². The molecule has 2 aromatic rings. The quantitative estimate of drug-likeness (QED) is 0.939. The third kappa shape index (κ3) is 2.98. The number of nitrogens with one attached hydrogen (secondary N) is 1. The first kappa shape index (κ1) is 14.1. The van der Waals surface area contributed by atoms with Crippen molar-refractivity contribution in [3.8, 4) is 17.0 Å². The standard InChI is InChI=1S/C13H12F3N3O/c1-17-11-7-10(18-12(19-11)13(14,15)16)8-4-3-5-9(6-8)20-2/h3-7H,1-2H3,(H,17,18,19). The van der Waals surface area contributed by atoms with Crippen molar-refractivity contribution in [3.63, 3.8) is 0 Å². The fraction of sp³-hybridized carbons (Fsp3) is 0.231. The Morgan fingerprint density at radius 1 is 1.15 bits per heavy atom. The lowest BCUT2D eigenvalue weighted by Gasteiger charge is -2.10. The Morgan fingerprint density at radius 2 is 1.90 bits per heavy atom. The summed E-state index contributed by atoms with van der Waals surface area (Å²) in [6.45, 7) is 0. The highest BCUT2D eigenvalue weighted by Crippen LogP contribution is 2.30. The number of rotatable bonds is 3. The molecule has 0 aliphatic carbocycles. The summed E-state index contributed by atoms with van der Waals surface area (Å²) in [5.74, 6) is -0.534. The number of alkyl halides is 3. The lowest BCUT2D eigenvalue weighted by molar-refractivity contribution is -0.144. The maximum Gasteiger partial charge on any atom is 0.451 e. The van der Waals surface area contributed by atoms with Crippen LogP contribution in [0, 0.1) is 0 Å². The molecule has 0 bridgehead atoms. The van der Waals surface area contributed by atoms with E-state index in [4.69, 9.17) is 4.74 Å². The molecule has 0 radical (unpaired) electrons. The lowest BCUT2D eigenvalue weighted by Crippen LogP contribution is -2.13. The van der Waals surface area contributed by atoms with Crippen LogP contribution < -0.4 is 10.1 Å². The van der Waals surface area contributed by atoms with Gasteiger partial charge in [0, 0.05) is 18.7 Å². The van der Waals surface area contributed by atoms with E-state index >= 15 is 0 Å². The highest BCUT2D eigenvalue weighted by atomic mass is 19.4. The monoisotopic (exact) mass is 283 g/mol. The van der Waals surface area contributed by atoms with Crippen LogP contribution in [-0.4, -0.2) is 24.1 Å². The minimum Gasteiger partial charge on any atom is -0.497 e. The number of hydrogen-bond donors (Lipinski definition) is 1. The van der Waals surface area contributed by atoms with E-state index in [9.17, 15) is 13.2 Å². The minimum atomic E-state index is -4.60. The molecule has 4 nitrogen and oxygen atoms in total.